The van der Waals surface area contributed by atoms with Crippen molar-refractivity contribution in [2.75, 3.05) is 13.2 Å². The number of carbonyl (C=O) groups is 1. The Morgan fingerprint density at radius 1 is 0.516 bits per heavy atom. The van der Waals surface area contributed by atoms with Crippen LogP contribution in [0.4, 0.5) is 0 Å². The summed E-state index contributed by atoms with van der Waals surface area (Å²) in [6, 6.07) is -0.825. The van der Waals surface area contributed by atoms with E-state index in [4.69, 9.17) is 9.47 Å². The number of nitrogens with one attached hydrogen (secondary N) is 1. The van der Waals surface area contributed by atoms with Crippen molar-refractivity contribution < 1.29 is 39.8 Å². The number of unbranched alkanes of at least 4 members (excludes halogenated alkanes) is 32. The van der Waals surface area contributed by atoms with E-state index in [1.54, 1.807) is 6.08 Å². The van der Waals surface area contributed by atoms with Crippen molar-refractivity contribution in [2.45, 2.75) is 294 Å². The summed E-state index contributed by atoms with van der Waals surface area (Å²) in [5.41, 5.74) is 0. The van der Waals surface area contributed by atoms with Crippen molar-refractivity contribution in [3.63, 3.8) is 0 Å². The molecule has 7 unspecified atom stereocenters. The molecule has 0 aromatic rings. The molecular formula is C55H103NO8. The van der Waals surface area contributed by atoms with E-state index >= 15 is 0 Å². The number of carbonyl (C=O) groups excluding carboxylic acids is 1. The standard InChI is InChI=1S/C55H103NO8/c1-3-5-7-9-11-13-15-17-19-21-22-23-24-25-26-27-28-29-30-32-34-36-38-40-42-44-49(58)48(47-63-55-54(62)53(61)52(60)50(46-57)64-55)56-51(59)45-43-41-39-37-35-33-31-20-18-16-14-12-10-8-6-4-2/h20,31,34,36,42,44,48-50,52-55,57-58,60-62H,3-19,21-30,32-33,35,37-41,43,45-47H2,1-2H3,(H,56,59)/b31-20-,36-34+,44-42+. The van der Waals surface area contributed by atoms with E-state index in [9.17, 15) is 30.3 Å². The normalized spacial score (nSPS) is 20.3. The highest BCUT2D eigenvalue weighted by molar-refractivity contribution is 5.76. The van der Waals surface area contributed by atoms with Crippen molar-refractivity contribution in [1.29, 1.82) is 0 Å². The Balaban J connectivity index is 2.28. The Morgan fingerprint density at radius 3 is 1.31 bits per heavy atom. The Morgan fingerprint density at radius 2 is 0.891 bits per heavy atom. The summed E-state index contributed by atoms with van der Waals surface area (Å²) in [5.74, 6) is -0.194. The second-order valence-corrected chi connectivity index (χ2v) is 19.0. The number of hydrogen-bond donors (Lipinski definition) is 6. The molecule has 0 aromatic carbocycles. The van der Waals surface area contributed by atoms with Gasteiger partial charge in [0.15, 0.2) is 6.29 Å². The van der Waals surface area contributed by atoms with Crippen LogP contribution in [0.15, 0.2) is 36.5 Å². The third kappa shape index (κ3) is 34.7. The van der Waals surface area contributed by atoms with Crippen molar-refractivity contribution >= 4 is 5.91 Å². The van der Waals surface area contributed by atoms with Crippen LogP contribution < -0.4 is 5.32 Å². The van der Waals surface area contributed by atoms with Crippen LogP contribution in [-0.2, 0) is 14.3 Å². The molecular weight excluding hydrogens is 803 g/mol. The Kier molecular flexibility index (Phi) is 42.7. The first kappa shape index (κ1) is 60.4. The lowest BCUT2D eigenvalue weighted by Crippen LogP contribution is -2.60. The number of aliphatic hydroxyl groups excluding tert-OH is 5. The fourth-order valence-electron chi connectivity index (χ4n) is 8.58. The van der Waals surface area contributed by atoms with Crippen molar-refractivity contribution in [1.82, 2.24) is 5.32 Å². The summed E-state index contributed by atoms with van der Waals surface area (Å²) in [4.78, 5) is 13.0. The fraction of sp³-hybridized carbons (Fsp3) is 0.873. The average molecular weight is 906 g/mol. The molecule has 1 aliphatic rings. The van der Waals surface area contributed by atoms with Crippen molar-refractivity contribution in [3.05, 3.63) is 36.5 Å². The fourth-order valence-corrected chi connectivity index (χ4v) is 8.58. The maximum atomic E-state index is 13.0. The van der Waals surface area contributed by atoms with Gasteiger partial charge in [-0.15, -0.1) is 0 Å². The molecule has 0 aromatic heterocycles. The van der Waals surface area contributed by atoms with Crippen molar-refractivity contribution in [3.8, 4) is 0 Å². The van der Waals surface area contributed by atoms with Gasteiger partial charge in [-0.2, -0.15) is 0 Å². The molecule has 1 aliphatic heterocycles. The predicted octanol–water partition coefficient (Wildman–Crippen LogP) is 12.8. The molecule has 1 fully saturated rings. The van der Waals surface area contributed by atoms with Crippen LogP contribution in [0, 0.1) is 0 Å². The van der Waals surface area contributed by atoms with Gasteiger partial charge < -0.3 is 40.3 Å². The van der Waals surface area contributed by atoms with E-state index in [1.165, 1.54) is 173 Å². The van der Waals surface area contributed by atoms with E-state index in [2.05, 4.69) is 43.5 Å². The maximum Gasteiger partial charge on any atom is 0.220 e. The van der Waals surface area contributed by atoms with Crippen LogP contribution in [0.5, 0.6) is 0 Å². The second-order valence-electron chi connectivity index (χ2n) is 19.0. The van der Waals surface area contributed by atoms with Gasteiger partial charge in [-0.25, -0.2) is 0 Å². The molecule has 6 N–H and O–H groups in total. The van der Waals surface area contributed by atoms with Crippen LogP contribution >= 0.6 is 0 Å². The number of ether oxygens (including phenoxy) is 2. The van der Waals surface area contributed by atoms with Gasteiger partial charge in [-0.1, -0.05) is 224 Å². The zero-order chi connectivity index (χ0) is 46.6. The Hall–Kier alpha value is -1.59. The lowest BCUT2D eigenvalue weighted by molar-refractivity contribution is -0.302. The summed E-state index contributed by atoms with van der Waals surface area (Å²) in [6.07, 6.45) is 50.7. The topological polar surface area (TPSA) is 149 Å². The zero-order valence-corrected chi connectivity index (χ0v) is 41.5. The third-order valence-corrected chi connectivity index (χ3v) is 12.9. The first-order valence-electron chi connectivity index (χ1n) is 27.2. The second kappa shape index (κ2) is 45.2. The highest BCUT2D eigenvalue weighted by Gasteiger charge is 2.44. The molecule has 7 atom stereocenters. The molecule has 0 saturated carbocycles. The lowest BCUT2D eigenvalue weighted by Gasteiger charge is -2.40. The van der Waals surface area contributed by atoms with Crippen LogP contribution in [0.25, 0.3) is 0 Å². The van der Waals surface area contributed by atoms with Gasteiger partial charge in [0.05, 0.1) is 25.4 Å². The first-order chi connectivity index (χ1) is 31.3. The van der Waals surface area contributed by atoms with E-state index in [1.807, 2.05) is 6.08 Å². The lowest BCUT2D eigenvalue weighted by atomic mass is 9.99. The maximum absolute atomic E-state index is 13.0. The number of aliphatic hydroxyl groups is 5. The molecule has 376 valence electrons. The van der Waals surface area contributed by atoms with Crippen LogP contribution in [0.1, 0.15) is 251 Å². The molecule has 0 spiro atoms. The summed E-state index contributed by atoms with van der Waals surface area (Å²) in [7, 11) is 0. The molecule has 0 radical (unpaired) electrons. The molecule has 64 heavy (non-hydrogen) atoms. The molecule has 1 heterocycles. The molecule has 1 rings (SSSR count). The SMILES string of the molecule is CCCCCCCCC/C=C\CCCCCCCC(=O)NC(COC1OC(CO)C(O)C(O)C1O)C(O)/C=C/CC/C=C/CCCCCCCCCCCCCCCCCCCCC. The monoisotopic (exact) mass is 906 g/mol. The van der Waals surface area contributed by atoms with Crippen LogP contribution in [0.3, 0.4) is 0 Å². The highest BCUT2D eigenvalue weighted by atomic mass is 16.7. The smallest absolute Gasteiger partial charge is 0.220 e. The van der Waals surface area contributed by atoms with Gasteiger partial charge in [-0.3, -0.25) is 4.79 Å². The van der Waals surface area contributed by atoms with Gasteiger partial charge in [0.25, 0.3) is 0 Å². The van der Waals surface area contributed by atoms with E-state index in [-0.39, 0.29) is 12.5 Å². The summed E-state index contributed by atoms with van der Waals surface area (Å²) in [5, 5.41) is 54.4. The number of hydrogen-bond acceptors (Lipinski definition) is 8. The first-order valence-corrected chi connectivity index (χ1v) is 27.2. The Bertz CT molecular complexity index is 1100. The van der Waals surface area contributed by atoms with Gasteiger partial charge in [0, 0.05) is 6.42 Å². The van der Waals surface area contributed by atoms with Crippen LogP contribution in [-0.4, -0.2) is 87.5 Å². The largest absolute Gasteiger partial charge is 0.394 e. The molecule has 0 bridgehead atoms. The third-order valence-electron chi connectivity index (χ3n) is 12.9. The average Bonchev–Trinajstić information content (AvgIpc) is 3.29. The summed E-state index contributed by atoms with van der Waals surface area (Å²) < 4.78 is 11.2. The quantitative estimate of drug-likeness (QED) is 0.0261. The molecule has 0 aliphatic carbocycles. The van der Waals surface area contributed by atoms with Gasteiger partial charge in [-0.05, 0) is 57.8 Å². The van der Waals surface area contributed by atoms with Gasteiger partial charge in [0.1, 0.15) is 24.4 Å². The van der Waals surface area contributed by atoms with E-state index in [0.717, 1.165) is 57.8 Å². The van der Waals surface area contributed by atoms with Crippen molar-refractivity contribution in [2.24, 2.45) is 0 Å². The number of allylic oxidation sites excluding steroid dienone is 5. The molecule has 9 nitrogen and oxygen atoms in total. The minimum absolute atomic E-state index is 0.194. The minimum Gasteiger partial charge on any atom is -0.394 e. The summed E-state index contributed by atoms with van der Waals surface area (Å²) >= 11 is 0. The van der Waals surface area contributed by atoms with Gasteiger partial charge >= 0.3 is 0 Å². The predicted molar refractivity (Wildman–Crippen MR) is 267 cm³/mol. The van der Waals surface area contributed by atoms with E-state index in [0.29, 0.717) is 6.42 Å². The highest BCUT2D eigenvalue weighted by Crippen LogP contribution is 2.23. The minimum atomic E-state index is -1.57. The zero-order valence-electron chi connectivity index (χ0n) is 41.5. The Labute approximate surface area is 393 Å². The molecule has 1 saturated heterocycles. The van der Waals surface area contributed by atoms with Gasteiger partial charge in [0.2, 0.25) is 5.91 Å². The van der Waals surface area contributed by atoms with Crippen LogP contribution in [0.2, 0.25) is 0 Å². The summed E-state index contributed by atoms with van der Waals surface area (Å²) in [6.45, 7) is 3.77. The number of amides is 1. The number of rotatable bonds is 46. The molecule has 9 heteroatoms. The molecule has 1 amide bonds. The van der Waals surface area contributed by atoms with E-state index < -0.39 is 49.5 Å².